The molecular weight excluding hydrogens is 314 g/mol. The second-order valence-corrected chi connectivity index (χ2v) is 6.36. The summed E-state index contributed by atoms with van der Waals surface area (Å²) in [7, 11) is 0. The molecular formula is C20H25N3O2. The van der Waals surface area contributed by atoms with Crippen LogP contribution in [0.2, 0.25) is 0 Å². The molecule has 1 aromatic carbocycles. The van der Waals surface area contributed by atoms with Crippen molar-refractivity contribution in [1.82, 2.24) is 14.8 Å². The van der Waals surface area contributed by atoms with Crippen LogP contribution in [0, 0.1) is 0 Å². The molecule has 1 unspecified atom stereocenters. The van der Waals surface area contributed by atoms with Crippen molar-refractivity contribution in [1.29, 1.82) is 0 Å². The molecule has 1 aliphatic rings. The van der Waals surface area contributed by atoms with Crippen LogP contribution in [0.25, 0.3) is 17.0 Å². The Bertz CT molecular complexity index is 742. The molecule has 2 heterocycles. The van der Waals surface area contributed by atoms with Gasteiger partial charge in [0.2, 0.25) is 5.91 Å². The minimum absolute atomic E-state index is 0.0321. The summed E-state index contributed by atoms with van der Waals surface area (Å²) >= 11 is 0. The Kier molecular flexibility index (Phi) is 5.79. The van der Waals surface area contributed by atoms with Crippen molar-refractivity contribution in [2.75, 3.05) is 32.8 Å². The molecule has 2 aromatic rings. The number of nitrogens with zero attached hydrogens (tertiary/aromatic N) is 3. The zero-order valence-corrected chi connectivity index (χ0v) is 14.6. The number of aliphatic hydroxyl groups excluding tert-OH is 1. The van der Waals surface area contributed by atoms with E-state index in [2.05, 4.69) is 16.8 Å². The van der Waals surface area contributed by atoms with Crippen LogP contribution in [0.15, 0.2) is 42.6 Å². The summed E-state index contributed by atoms with van der Waals surface area (Å²) in [5.74, 6) is 0.0321. The minimum atomic E-state index is 0.0321. The van der Waals surface area contributed by atoms with Gasteiger partial charge in [-0.3, -0.25) is 14.7 Å². The number of rotatable bonds is 5. The van der Waals surface area contributed by atoms with Gasteiger partial charge >= 0.3 is 0 Å². The van der Waals surface area contributed by atoms with Gasteiger partial charge in [-0.2, -0.15) is 0 Å². The molecule has 1 amide bonds. The van der Waals surface area contributed by atoms with Crippen molar-refractivity contribution < 1.29 is 9.90 Å². The molecule has 1 aliphatic heterocycles. The molecule has 1 N–H and O–H groups in total. The normalized spacial score (nSPS) is 17.3. The highest BCUT2D eigenvalue weighted by Gasteiger charge is 2.23. The van der Waals surface area contributed by atoms with Gasteiger partial charge in [-0.25, -0.2) is 0 Å². The molecule has 0 radical (unpaired) electrons. The lowest BCUT2D eigenvalue weighted by Crippen LogP contribution is -2.52. The van der Waals surface area contributed by atoms with Crippen molar-refractivity contribution >= 4 is 22.9 Å². The van der Waals surface area contributed by atoms with E-state index < -0.39 is 0 Å². The maximum atomic E-state index is 12.5. The summed E-state index contributed by atoms with van der Waals surface area (Å²) in [6.07, 6.45) is 6.19. The first-order valence-corrected chi connectivity index (χ1v) is 8.88. The molecule has 1 aromatic heterocycles. The predicted octanol–water partition coefficient (Wildman–Crippen LogP) is 2.16. The summed E-state index contributed by atoms with van der Waals surface area (Å²) in [6, 6.07) is 10.1. The van der Waals surface area contributed by atoms with E-state index in [1.807, 2.05) is 41.3 Å². The number of pyridine rings is 1. The fourth-order valence-electron chi connectivity index (χ4n) is 3.34. The summed E-state index contributed by atoms with van der Waals surface area (Å²) in [6.45, 7) is 5.29. The number of benzene rings is 1. The summed E-state index contributed by atoms with van der Waals surface area (Å²) in [5.41, 5.74) is 1.86. The van der Waals surface area contributed by atoms with Crippen LogP contribution in [0.3, 0.4) is 0 Å². The summed E-state index contributed by atoms with van der Waals surface area (Å²) in [5, 5.41) is 10.5. The molecule has 0 saturated carbocycles. The predicted molar refractivity (Wildman–Crippen MR) is 100 cm³/mol. The monoisotopic (exact) mass is 339 g/mol. The third-order valence-corrected chi connectivity index (χ3v) is 4.89. The number of para-hydroxylation sites is 1. The van der Waals surface area contributed by atoms with E-state index in [9.17, 15) is 9.90 Å². The first kappa shape index (κ1) is 17.6. The first-order valence-electron chi connectivity index (χ1n) is 8.88. The fourth-order valence-corrected chi connectivity index (χ4v) is 3.34. The Hall–Kier alpha value is -2.24. The van der Waals surface area contributed by atoms with E-state index in [0.717, 1.165) is 36.0 Å². The van der Waals surface area contributed by atoms with E-state index in [1.165, 1.54) is 0 Å². The van der Waals surface area contributed by atoms with Gasteiger partial charge in [0.05, 0.1) is 12.1 Å². The lowest BCUT2D eigenvalue weighted by molar-refractivity contribution is -0.128. The number of carbonyl (C=O) groups is 1. The number of hydrogen-bond donors (Lipinski definition) is 1. The molecule has 1 saturated heterocycles. The second kappa shape index (κ2) is 8.23. The van der Waals surface area contributed by atoms with Crippen LogP contribution in [0.1, 0.15) is 18.9 Å². The molecule has 0 spiro atoms. The van der Waals surface area contributed by atoms with E-state index >= 15 is 0 Å². The van der Waals surface area contributed by atoms with Gasteiger partial charge in [0, 0.05) is 55.4 Å². The second-order valence-electron chi connectivity index (χ2n) is 6.36. The number of piperazine rings is 1. The van der Waals surface area contributed by atoms with Gasteiger partial charge in [-0.05, 0) is 18.6 Å². The standard InChI is InChI=1S/C20H25N3O2/c1-2-18(15-24)22-11-13-23(14-12-22)19(25)9-8-17-6-3-5-16-7-4-10-21-20(16)17/h3-10,18,24H,2,11-15H2,1H3/b9-8+. The van der Waals surface area contributed by atoms with Crippen molar-refractivity contribution in [3.05, 3.63) is 48.2 Å². The lowest BCUT2D eigenvalue weighted by atomic mass is 10.1. The number of fused-ring (bicyclic) bond motifs is 1. The SMILES string of the molecule is CCC(CO)N1CCN(C(=O)/C=C/c2cccc3cccnc23)CC1. The van der Waals surface area contributed by atoms with Gasteiger partial charge in [0.1, 0.15) is 0 Å². The first-order chi connectivity index (χ1) is 12.2. The number of aromatic nitrogens is 1. The highest BCUT2D eigenvalue weighted by Crippen LogP contribution is 2.17. The Morgan fingerprint density at radius 3 is 2.72 bits per heavy atom. The van der Waals surface area contributed by atoms with E-state index in [0.29, 0.717) is 13.1 Å². The largest absolute Gasteiger partial charge is 0.395 e. The van der Waals surface area contributed by atoms with Gasteiger partial charge in [-0.15, -0.1) is 0 Å². The van der Waals surface area contributed by atoms with E-state index in [1.54, 1.807) is 12.3 Å². The van der Waals surface area contributed by atoms with Crippen LogP contribution in [0.5, 0.6) is 0 Å². The van der Waals surface area contributed by atoms with Crippen LogP contribution in [-0.4, -0.2) is 64.6 Å². The molecule has 0 aliphatic carbocycles. The topological polar surface area (TPSA) is 56.7 Å². The Morgan fingerprint density at radius 2 is 2.00 bits per heavy atom. The van der Waals surface area contributed by atoms with Gasteiger partial charge in [0.15, 0.2) is 0 Å². The third-order valence-electron chi connectivity index (χ3n) is 4.89. The van der Waals surface area contributed by atoms with Gasteiger partial charge in [-0.1, -0.05) is 31.2 Å². The Balaban J connectivity index is 1.64. The van der Waals surface area contributed by atoms with E-state index in [-0.39, 0.29) is 18.6 Å². The molecule has 5 heteroatoms. The average Bonchev–Trinajstić information content (AvgIpc) is 2.67. The molecule has 0 bridgehead atoms. The average molecular weight is 339 g/mol. The van der Waals surface area contributed by atoms with Crippen molar-refractivity contribution in [3.8, 4) is 0 Å². The molecule has 1 atom stereocenters. The molecule has 1 fully saturated rings. The third kappa shape index (κ3) is 4.06. The number of hydrogen-bond acceptors (Lipinski definition) is 4. The zero-order valence-electron chi connectivity index (χ0n) is 14.6. The number of amides is 1. The highest BCUT2D eigenvalue weighted by atomic mass is 16.3. The minimum Gasteiger partial charge on any atom is -0.395 e. The number of carbonyl (C=O) groups excluding carboxylic acids is 1. The van der Waals surface area contributed by atoms with Crippen LogP contribution >= 0.6 is 0 Å². The van der Waals surface area contributed by atoms with Gasteiger partial charge in [0.25, 0.3) is 0 Å². The Morgan fingerprint density at radius 1 is 1.24 bits per heavy atom. The van der Waals surface area contributed by atoms with Crippen molar-refractivity contribution in [2.45, 2.75) is 19.4 Å². The van der Waals surface area contributed by atoms with E-state index in [4.69, 9.17) is 0 Å². The molecule has 25 heavy (non-hydrogen) atoms. The van der Waals surface area contributed by atoms with Crippen LogP contribution in [-0.2, 0) is 4.79 Å². The zero-order chi connectivity index (χ0) is 17.6. The Labute approximate surface area is 148 Å². The number of aliphatic hydroxyl groups is 1. The smallest absolute Gasteiger partial charge is 0.246 e. The maximum absolute atomic E-state index is 12.5. The van der Waals surface area contributed by atoms with Crippen LogP contribution < -0.4 is 0 Å². The lowest BCUT2D eigenvalue weighted by Gasteiger charge is -2.38. The van der Waals surface area contributed by atoms with Crippen LogP contribution in [0.4, 0.5) is 0 Å². The molecule has 132 valence electrons. The molecule has 3 rings (SSSR count). The highest BCUT2D eigenvalue weighted by molar-refractivity contribution is 5.95. The fraction of sp³-hybridized carbons (Fsp3) is 0.400. The summed E-state index contributed by atoms with van der Waals surface area (Å²) in [4.78, 5) is 21.0. The molecule has 5 nitrogen and oxygen atoms in total. The quantitative estimate of drug-likeness (QED) is 0.848. The van der Waals surface area contributed by atoms with Gasteiger partial charge < -0.3 is 10.0 Å². The maximum Gasteiger partial charge on any atom is 0.246 e. The van der Waals surface area contributed by atoms with Crippen molar-refractivity contribution in [2.24, 2.45) is 0 Å². The summed E-state index contributed by atoms with van der Waals surface area (Å²) < 4.78 is 0. The van der Waals surface area contributed by atoms with Crippen molar-refractivity contribution in [3.63, 3.8) is 0 Å².